The summed E-state index contributed by atoms with van der Waals surface area (Å²) < 4.78 is 47.0. The van der Waals surface area contributed by atoms with Gasteiger partial charge in [-0.3, -0.25) is 10.1 Å². The number of rotatable bonds is 3. The van der Waals surface area contributed by atoms with Gasteiger partial charge in [-0.1, -0.05) is 0 Å². The van der Waals surface area contributed by atoms with Gasteiger partial charge < -0.3 is 0 Å². The van der Waals surface area contributed by atoms with E-state index in [-0.39, 0.29) is 3.70 Å². The van der Waals surface area contributed by atoms with Gasteiger partial charge in [0.1, 0.15) is 9.26 Å². The molecule has 17 heavy (non-hydrogen) atoms. The van der Waals surface area contributed by atoms with Crippen molar-refractivity contribution in [2.24, 2.45) is 5.14 Å². The molecule has 1 aromatic rings. The molecule has 0 aliphatic heterocycles. The molecule has 0 fully saturated rings. The summed E-state index contributed by atoms with van der Waals surface area (Å²) in [6.07, 6.45) is -2.67. The maximum atomic E-state index is 12.5. The number of sulfonamides is 1. The third-order valence-corrected chi connectivity index (χ3v) is 3.83. The van der Waals surface area contributed by atoms with Crippen LogP contribution in [0.3, 0.4) is 0 Å². The van der Waals surface area contributed by atoms with Crippen LogP contribution in [0.5, 0.6) is 0 Å². The lowest BCUT2D eigenvalue weighted by atomic mass is 10.2. The minimum absolute atomic E-state index is 0.332. The molecule has 94 valence electrons. The molecule has 1 rings (SSSR count). The second kappa shape index (κ2) is 4.73. The minimum atomic E-state index is -4.51. The van der Waals surface area contributed by atoms with Crippen molar-refractivity contribution >= 4 is 38.3 Å². The molecule has 0 saturated carbocycles. The molecule has 1 aromatic heterocycles. The van der Waals surface area contributed by atoms with Gasteiger partial charge in [0.25, 0.3) is 6.43 Å². The maximum absolute atomic E-state index is 12.5. The second-order valence-electron chi connectivity index (χ2n) is 2.78. The Balaban J connectivity index is 3.80. The summed E-state index contributed by atoms with van der Waals surface area (Å²) >= 11 is 1.37. The maximum Gasteiger partial charge on any atom is 0.302 e. The third-order valence-electron chi connectivity index (χ3n) is 1.70. The molecule has 0 bridgehead atoms. The number of primary sulfonamides is 1. The topological polar surface area (TPSA) is 116 Å². The van der Waals surface area contributed by atoms with Crippen molar-refractivity contribution in [3.63, 3.8) is 0 Å². The molecule has 0 aromatic carbocycles. The Labute approximate surface area is 107 Å². The summed E-state index contributed by atoms with van der Waals surface area (Å²) in [6.45, 7) is 0. The lowest BCUT2D eigenvalue weighted by Gasteiger charge is -2.06. The van der Waals surface area contributed by atoms with Crippen molar-refractivity contribution in [2.45, 2.75) is 11.3 Å². The zero-order chi connectivity index (χ0) is 13.4. The third kappa shape index (κ3) is 2.84. The molecular weight excluding hydrogens is 375 g/mol. The fraction of sp³-hybridized carbons (Fsp3) is 0.167. The zero-order valence-electron chi connectivity index (χ0n) is 7.80. The quantitative estimate of drug-likeness (QED) is 0.366. The van der Waals surface area contributed by atoms with Gasteiger partial charge >= 0.3 is 5.69 Å². The van der Waals surface area contributed by atoms with E-state index in [9.17, 15) is 27.3 Å². The fourth-order valence-corrected chi connectivity index (χ4v) is 3.14. The van der Waals surface area contributed by atoms with Crippen molar-refractivity contribution < 1.29 is 22.1 Å². The van der Waals surface area contributed by atoms with E-state index < -0.39 is 37.5 Å². The van der Waals surface area contributed by atoms with E-state index in [0.29, 0.717) is 6.20 Å². The summed E-state index contributed by atoms with van der Waals surface area (Å²) in [5, 5.41) is 15.4. The van der Waals surface area contributed by atoms with Gasteiger partial charge in [0.2, 0.25) is 10.0 Å². The number of alkyl halides is 2. The lowest BCUT2D eigenvalue weighted by molar-refractivity contribution is -0.389. The molecule has 0 aliphatic carbocycles. The Morgan fingerprint density at radius 1 is 1.53 bits per heavy atom. The summed E-state index contributed by atoms with van der Waals surface area (Å²) in [5.74, 6) is 0. The van der Waals surface area contributed by atoms with Crippen LogP contribution >= 0.6 is 22.6 Å². The predicted octanol–water partition coefficient (Wildman–Crippen LogP) is 1.18. The monoisotopic (exact) mass is 379 g/mol. The van der Waals surface area contributed by atoms with Crippen molar-refractivity contribution in [1.82, 2.24) is 4.98 Å². The van der Waals surface area contributed by atoms with Crippen LogP contribution in [0.15, 0.2) is 11.1 Å². The van der Waals surface area contributed by atoms with Crippen LogP contribution in [0.2, 0.25) is 0 Å². The largest absolute Gasteiger partial charge is 0.302 e. The smallest absolute Gasteiger partial charge is 0.258 e. The molecule has 0 saturated heterocycles. The summed E-state index contributed by atoms with van der Waals surface area (Å²) in [5.41, 5.74) is -2.32. The summed E-state index contributed by atoms with van der Waals surface area (Å²) in [4.78, 5) is 11.8. The highest BCUT2D eigenvalue weighted by molar-refractivity contribution is 14.1. The molecule has 0 atom stereocenters. The molecule has 2 N–H and O–H groups in total. The SMILES string of the molecule is NS(=O)(=O)c1c(I)ncc(C(F)F)c1[N+](=O)[O-]. The second-order valence-corrected chi connectivity index (χ2v) is 5.30. The van der Waals surface area contributed by atoms with Crippen LogP contribution in [0.4, 0.5) is 14.5 Å². The van der Waals surface area contributed by atoms with Gasteiger partial charge in [-0.15, -0.1) is 0 Å². The van der Waals surface area contributed by atoms with E-state index in [0.717, 1.165) is 0 Å². The van der Waals surface area contributed by atoms with Gasteiger partial charge in [-0.05, 0) is 22.6 Å². The van der Waals surface area contributed by atoms with Gasteiger partial charge in [-0.2, -0.15) is 0 Å². The lowest BCUT2D eigenvalue weighted by Crippen LogP contribution is -2.18. The van der Waals surface area contributed by atoms with Gasteiger partial charge in [0.15, 0.2) is 4.90 Å². The number of aromatic nitrogens is 1. The highest BCUT2D eigenvalue weighted by atomic mass is 127. The molecule has 0 amide bonds. The van der Waals surface area contributed by atoms with E-state index in [1.54, 1.807) is 0 Å². The Hall–Kier alpha value is -0.950. The molecule has 7 nitrogen and oxygen atoms in total. The Kier molecular flexibility index (Phi) is 3.93. The van der Waals surface area contributed by atoms with Crippen molar-refractivity contribution in [3.8, 4) is 0 Å². The molecular formula is C6H4F2IN3O4S. The highest BCUT2D eigenvalue weighted by Gasteiger charge is 2.34. The average molecular weight is 379 g/mol. The first-order valence-corrected chi connectivity index (χ1v) is 6.42. The van der Waals surface area contributed by atoms with Crippen molar-refractivity contribution in [2.75, 3.05) is 0 Å². The van der Waals surface area contributed by atoms with Gasteiger partial charge in [0, 0.05) is 6.20 Å². The van der Waals surface area contributed by atoms with E-state index in [1.807, 2.05) is 0 Å². The van der Waals surface area contributed by atoms with Crippen LogP contribution in [0, 0.1) is 13.8 Å². The Morgan fingerprint density at radius 2 is 2.06 bits per heavy atom. The molecule has 0 aliphatic rings. The van der Waals surface area contributed by atoms with E-state index >= 15 is 0 Å². The fourth-order valence-electron chi connectivity index (χ4n) is 1.07. The Morgan fingerprint density at radius 3 is 2.41 bits per heavy atom. The van der Waals surface area contributed by atoms with Gasteiger partial charge in [-0.25, -0.2) is 27.3 Å². The van der Waals surface area contributed by atoms with Crippen LogP contribution in [0.25, 0.3) is 0 Å². The molecule has 0 spiro atoms. The van der Waals surface area contributed by atoms with Crippen LogP contribution < -0.4 is 5.14 Å². The summed E-state index contributed by atoms with van der Waals surface area (Å²) in [6, 6.07) is 0. The number of halogens is 3. The first-order valence-electron chi connectivity index (χ1n) is 3.80. The van der Waals surface area contributed by atoms with Crippen molar-refractivity contribution in [1.29, 1.82) is 0 Å². The number of nitrogens with zero attached hydrogens (tertiary/aromatic N) is 2. The number of nitrogens with two attached hydrogens (primary N) is 1. The standard InChI is InChI=1S/C6H4F2IN3O4S/c7-5(8)2-1-11-6(9)4(17(10,15)16)3(2)12(13)14/h1,5H,(H2,10,15,16). The zero-order valence-corrected chi connectivity index (χ0v) is 10.8. The minimum Gasteiger partial charge on any atom is -0.258 e. The average Bonchev–Trinajstić information content (AvgIpc) is 2.14. The summed E-state index contributed by atoms with van der Waals surface area (Å²) in [7, 11) is -4.51. The van der Waals surface area contributed by atoms with Crippen LogP contribution in [0.1, 0.15) is 12.0 Å². The van der Waals surface area contributed by atoms with E-state index in [4.69, 9.17) is 5.14 Å². The van der Waals surface area contributed by atoms with Crippen LogP contribution in [-0.2, 0) is 10.0 Å². The van der Waals surface area contributed by atoms with Crippen LogP contribution in [-0.4, -0.2) is 18.3 Å². The molecule has 11 heteroatoms. The first kappa shape index (κ1) is 14.1. The van der Waals surface area contributed by atoms with E-state index in [2.05, 4.69) is 4.98 Å². The normalized spacial score (nSPS) is 11.8. The van der Waals surface area contributed by atoms with E-state index in [1.165, 1.54) is 22.6 Å². The number of pyridine rings is 1. The predicted molar refractivity (Wildman–Crippen MR) is 59.9 cm³/mol. The number of hydrogen-bond donors (Lipinski definition) is 1. The Bertz CT molecular complexity index is 577. The van der Waals surface area contributed by atoms with Gasteiger partial charge in [0.05, 0.1) is 4.92 Å². The molecule has 0 unspecified atom stereocenters. The van der Waals surface area contributed by atoms with Crippen molar-refractivity contribution in [3.05, 3.63) is 25.6 Å². The first-order chi connectivity index (χ1) is 7.66. The highest BCUT2D eigenvalue weighted by Crippen LogP contribution is 2.35. The number of hydrogen-bond acceptors (Lipinski definition) is 5. The molecule has 1 heterocycles. The number of nitro groups is 1. The molecule has 0 radical (unpaired) electrons.